The molecule has 0 bridgehead atoms. The van der Waals surface area contributed by atoms with Crippen molar-refractivity contribution in [1.29, 1.82) is 0 Å². The predicted octanol–water partition coefficient (Wildman–Crippen LogP) is 1.25. The van der Waals surface area contributed by atoms with E-state index in [1.54, 1.807) is 0 Å². The maximum absolute atomic E-state index is 10.6. The van der Waals surface area contributed by atoms with Crippen LogP contribution in [0.25, 0.3) is 0 Å². The molecule has 0 unspecified atom stereocenters. The monoisotopic (exact) mass is 198 g/mol. The van der Waals surface area contributed by atoms with Crippen LogP contribution in [0.1, 0.15) is 13.3 Å². The second-order valence-electron chi connectivity index (χ2n) is 2.72. The number of halogens is 1. The molecule has 11 heavy (non-hydrogen) atoms. The van der Waals surface area contributed by atoms with Crippen molar-refractivity contribution in [2.75, 3.05) is 19.1 Å². The molecular weight excluding hydrogens is 188 g/mol. The number of hydrogen-bond acceptors (Lipinski definition) is 3. The molecule has 1 heterocycles. The van der Waals surface area contributed by atoms with Crippen molar-refractivity contribution in [2.45, 2.75) is 13.3 Å². The van der Waals surface area contributed by atoms with E-state index >= 15 is 0 Å². The first-order chi connectivity index (χ1) is 5.22. The second-order valence-corrected chi connectivity index (χ2v) is 3.86. The van der Waals surface area contributed by atoms with E-state index in [2.05, 4.69) is 0 Å². The lowest BCUT2D eigenvalue weighted by atomic mass is 9.90. The third-order valence-corrected chi connectivity index (χ3v) is 3.14. The largest absolute Gasteiger partial charge is 0.304 e. The lowest BCUT2D eigenvalue weighted by Crippen LogP contribution is -2.38. The van der Waals surface area contributed by atoms with Crippen LogP contribution in [0.2, 0.25) is 0 Å². The fourth-order valence-corrected chi connectivity index (χ4v) is 1.90. The van der Waals surface area contributed by atoms with Gasteiger partial charge in [-0.05, 0) is 6.42 Å². The Bertz CT molecular complexity index is 146. The van der Waals surface area contributed by atoms with E-state index in [9.17, 15) is 4.21 Å². The van der Waals surface area contributed by atoms with E-state index in [0.717, 1.165) is 6.42 Å². The Morgan fingerprint density at radius 1 is 1.55 bits per heavy atom. The minimum absolute atomic E-state index is 0.129. The Labute approximate surface area is 73.9 Å². The third kappa shape index (κ3) is 2.15. The van der Waals surface area contributed by atoms with Gasteiger partial charge in [-0.2, -0.15) is 4.21 Å². The molecule has 0 aromatic heterocycles. The van der Waals surface area contributed by atoms with E-state index in [1.807, 2.05) is 6.92 Å². The summed E-state index contributed by atoms with van der Waals surface area (Å²) in [5.74, 6) is 0.487. The van der Waals surface area contributed by atoms with Crippen LogP contribution in [0.3, 0.4) is 0 Å². The highest BCUT2D eigenvalue weighted by atomic mass is 35.5. The molecule has 3 nitrogen and oxygen atoms in total. The number of rotatable bonds is 2. The number of alkyl halides is 1. The molecule has 0 N–H and O–H groups in total. The molecule has 5 heteroatoms. The van der Waals surface area contributed by atoms with Gasteiger partial charge in [0.1, 0.15) is 0 Å². The van der Waals surface area contributed by atoms with Crippen LogP contribution >= 0.6 is 11.6 Å². The van der Waals surface area contributed by atoms with Gasteiger partial charge in [-0.15, -0.1) is 11.6 Å². The van der Waals surface area contributed by atoms with Crippen LogP contribution in [0, 0.1) is 5.41 Å². The van der Waals surface area contributed by atoms with Crippen LogP contribution in [0.5, 0.6) is 0 Å². The molecule has 66 valence electrons. The summed E-state index contributed by atoms with van der Waals surface area (Å²) >= 11 is 4.18. The summed E-state index contributed by atoms with van der Waals surface area (Å²) in [5.41, 5.74) is -0.129. The zero-order valence-corrected chi connectivity index (χ0v) is 7.91. The van der Waals surface area contributed by atoms with Gasteiger partial charge >= 0.3 is 11.4 Å². The topological polar surface area (TPSA) is 35.5 Å². The molecule has 0 atom stereocenters. The van der Waals surface area contributed by atoms with Gasteiger partial charge < -0.3 is 0 Å². The lowest BCUT2D eigenvalue weighted by molar-refractivity contribution is 0.0523. The zero-order chi connectivity index (χ0) is 8.32. The number of hydrogen-bond donors (Lipinski definition) is 0. The van der Waals surface area contributed by atoms with Gasteiger partial charge in [0.05, 0.1) is 13.2 Å². The minimum Gasteiger partial charge on any atom is -0.268 e. The van der Waals surface area contributed by atoms with Crippen molar-refractivity contribution in [2.24, 2.45) is 5.41 Å². The van der Waals surface area contributed by atoms with Gasteiger partial charge in [0, 0.05) is 11.3 Å². The van der Waals surface area contributed by atoms with Crippen LogP contribution in [0.15, 0.2) is 0 Å². The van der Waals surface area contributed by atoms with E-state index in [4.69, 9.17) is 20.0 Å². The van der Waals surface area contributed by atoms with E-state index in [0.29, 0.717) is 19.1 Å². The molecule has 0 radical (unpaired) electrons. The van der Waals surface area contributed by atoms with Crippen molar-refractivity contribution < 1.29 is 12.6 Å². The van der Waals surface area contributed by atoms with Crippen LogP contribution < -0.4 is 0 Å². The highest BCUT2D eigenvalue weighted by Gasteiger charge is 2.34. The Morgan fingerprint density at radius 2 is 2.09 bits per heavy atom. The highest BCUT2D eigenvalue weighted by Crippen LogP contribution is 2.28. The standard InChI is InChI=1S/C6H11ClO3S/c1-2-6(3-7)4-9-11(8)10-5-6/h2-5H2,1H3. The minimum atomic E-state index is -1.55. The molecular formula is C6H11ClO3S. The summed E-state index contributed by atoms with van der Waals surface area (Å²) in [4.78, 5) is 0. The quantitative estimate of drug-likeness (QED) is 0.627. The summed E-state index contributed by atoms with van der Waals surface area (Å²) in [6.45, 7) is 2.88. The van der Waals surface area contributed by atoms with Crippen LogP contribution in [-0.2, 0) is 19.7 Å². The summed E-state index contributed by atoms with van der Waals surface area (Å²) in [6.07, 6.45) is 0.883. The Hall–Kier alpha value is 0.360. The molecule has 1 fully saturated rings. The van der Waals surface area contributed by atoms with Crippen LogP contribution in [0.4, 0.5) is 0 Å². The second kappa shape index (κ2) is 3.85. The van der Waals surface area contributed by atoms with Gasteiger partial charge in [0.2, 0.25) is 0 Å². The molecule has 1 aliphatic heterocycles. The van der Waals surface area contributed by atoms with E-state index in [-0.39, 0.29) is 5.41 Å². The fraction of sp³-hybridized carbons (Fsp3) is 1.00. The van der Waals surface area contributed by atoms with Gasteiger partial charge in [-0.3, -0.25) is 8.37 Å². The fourth-order valence-electron chi connectivity index (χ4n) is 0.798. The SMILES string of the molecule is CCC1(CCl)COS(=O)OC1. The van der Waals surface area contributed by atoms with Crippen molar-refractivity contribution in [1.82, 2.24) is 0 Å². The molecule has 0 amide bonds. The Morgan fingerprint density at radius 3 is 2.45 bits per heavy atom. The summed E-state index contributed by atoms with van der Waals surface area (Å²) in [6, 6.07) is 0. The van der Waals surface area contributed by atoms with E-state index < -0.39 is 11.4 Å². The highest BCUT2D eigenvalue weighted by molar-refractivity contribution is 7.75. The first kappa shape index (κ1) is 9.45. The first-order valence-corrected chi connectivity index (χ1v) is 5.00. The van der Waals surface area contributed by atoms with E-state index in [1.165, 1.54) is 0 Å². The zero-order valence-electron chi connectivity index (χ0n) is 6.34. The molecule has 1 saturated heterocycles. The van der Waals surface area contributed by atoms with Crippen molar-refractivity contribution in [3.05, 3.63) is 0 Å². The maximum Gasteiger partial charge on any atom is 0.304 e. The molecule has 1 rings (SSSR count). The molecule has 1 aliphatic rings. The summed E-state index contributed by atoms with van der Waals surface area (Å²) in [5, 5.41) is 0. The lowest BCUT2D eigenvalue weighted by Gasteiger charge is -2.32. The predicted molar refractivity (Wildman–Crippen MR) is 43.5 cm³/mol. The maximum atomic E-state index is 10.6. The average Bonchev–Trinajstić information content (AvgIpc) is 2.07. The Kier molecular flexibility index (Phi) is 3.30. The smallest absolute Gasteiger partial charge is 0.268 e. The Balaban J connectivity index is 2.52. The molecule has 0 aliphatic carbocycles. The van der Waals surface area contributed by atoms with Crippen molar-refractivity contribution >= 4 is 23.0 Å². The van der Waals surface area contributed by atoms with Gasteiger partial charge in [-0.1, -0.05) is 6.92 Å². The van der Waals surface area contributed by atoms with Crippen LogP contribution in [-0.4, -0.2) is 23.3 Å². The average molecular weight is 199 g/mol. The first-order valence-electron chi connectivity index (χ1n) is 3.47. The van der Waals surface area contributed by atoms with Crippen molar-refractivity contribution in [3.63, 3.8) is 0 Å². The molecule has 0 aromatic carbocycles. The normalized spacial score (nSPS) is 38.9. The van der Waals surface area contributed by atoms with Gasteiger partial charge in [-0.25, -0.2) is 0 Å². The molecule has 0 saturated carbocycles. The third-order valence-electron chi connectivity index (χ3n) is 1.96. The van der Waals surface area contributed by atoms with Crippen molar-refractivity contribution in [3.8, 4) is 0 Å². The summed E-state index contributed by atoms with van der Waals surface area (Å²) in [7, 11) is 0. The summed E-state index contributed by atoms with van der Waals surface area (Å²) < 4.78 is 20.3. The molecule has 0 aromatic rings. The molecule has 0 spiro atoms. The van der Waals surface area contributed by atoms with Gasteiger partial charge in [0.15, 0.2) is 0 Å². The van der Waals surface area contributed by atoms with Gasteiger partial charge in [0.25, 0.3) is 0 Å².